The molecule has 4 aromatic rings. The van der Waals surface area contributed by atoms with Gasteiger partial charge in [0.2, 0.25) is 5.91 Å². The predicted molar refractivity (Wildman–Crippen MR) is 131 cm³/mol. The molecule has 1 aliphatic rings. The molecule has 2 aromatic carbocycles. The minimum Gasteiger partial charge on any atom is -0.354 e. The second-order valence-electron chi connectivity index (χ2n) is 8.59. The van der Waals surface area contributed by atoms with Crippen LogP contribution in [-0.4, -0.2) is 45.5 Å². The molecule has 1 amide bonds. The van der Waals surface area contributed by atoms with Gasteiger partial charge in [-0.25, -0.2) is 9.50 Å². The van der Waals surface area contributed by atoms with Crippen LogP contribution < -0.4 is 4.90 Å². The lowest BCUT2D eigenvalue weighted by Crippen LogP contribution is -2.44. The van der Waals surface area contributed by atoms with E-state index in [1.807, 2.05) is 71.2 Å². The maximum atomic E-state index is 13.2. The third kappa shape index (κ3) is 4.57. The fraction of sp³-hybridized carbons (Fsp3) is 0.269. The third-order valence-electron chi connectivity index (χ3n) is 6.20. The molecule has 5 rings (SSSR count). The van der Waals surface area contributed by atoms with Crippen LogP contribution in [0.15, 0.2) is 73.1 Å². The van der Waals surface area contributed by atoms with Crippen molar-refractivity contribution in [3.8, 4) is 11.3 Å². The molecule has 0 aliphatic carbocycles. The lowest BCUT2D eigenvalue weighted by atomic mass is 9.96. The van der Waals surface area contributed by atoms with E-state index in [-0.39, 0.29) is 11.8 Å². The summed E-state index contributed by atoms with van der Waals surface area (Å²) in [6.07, 6.45) is 5.47. The number of fused-ring (bicyclic) bond motifs is 1. The Morgan fingerprint density at radius 1 is 1.15 bits per heavy atom. The normalized spacial score (nSPS) is 16.2. The number of aromatic nitrogens is 3. The number of anilines is 1. The maximum Gasteiger partial charge on any atom is 0.227 e. The van der Waals surface area contributed by atoms with Gasteiger partial charge >= 0.3 is 0 Å². The van der Waals surface area contributed by atoms with E-state index < -0.39 is 0 Å². The van der Waals surface area contributed by atoms with Crippen LogP contribution in [-0.2, 0) is 11.3 Å². The number of hydrogen-bond donors (Lipinski definition) is 0. The SMILES string of the molecule is CN(Cc1ccccc1)C(=O)[C@H]1CCCN(c2nccn3nc(-c4cccc(Cl)c4)cc23)C1. The number of benzene rings is 2. The molecule has 0 radical (unpaired) electrons. The van der Waals surface area contributed by atoms with Gasteiger partial charge < -0.3 is 9.80 Å². The van der Waals surface area contributed by atoms with E-state index in [4.69, 9.17) is 16.7 Å². The Morgan fingerprint density at radius 3 is 2.82 bits per heavy atom. The number of amides is 1. The van der Waals surface area contributed by atoms with E-state index in [0.29, 0.717) is 18.1 Å². The zero-order chi connectivity index (χ0) is 22.8. The number of piperidine rings is 1. The van der Waals surface area contributed by atoms with Crippen molar-refractivity contribution < 1.29 is 4.79 Å². The molecule has 0 spiro atoms. The van der Waals surface area contributed by atoms with Gasteiger partial charge in [0.05, 0.1) is 11.6 Å². The first kappa shape index (κ1) is 21.5. The third-order valence-corrected chi connectivity index (χ3v) is 6.43. The second kappa shape index (κ2) is 9.24. The summed E-state index contributed by atoms with van der Waals surface area (Å²) in [6, 6.07) is 19.8. The number of rotatable bonds is 5. The largest absolute Gasteiger partial charge is 0.354 e. The van der Waals surface area contributed by atoms with Crippen molar-refractivity contribution >= 4 is 28.8 Å². The van der Waals surface area contributed by atoms with E-state index in [0.717, 1.165) is 47.5 Å². The van der Waals surface area contributed by atoms with E-state index in [2.05, 4.69) is 22.0 Å². The molecule has 7 heteroatoms. The van der Waals surface area contributed by atoms with Crippen molar-refractivity contribution in [1.29, 1.82) is 0 Å². The Balaban J connectivity index is 1.37. The first-order chi connectivity index (χ1) is 16.1. The molecule has 1 atom stereocenters. The second-order valence-corrected chi connectivity index (χ2v) is 9.02. The molecule has 0 saturated carbocycles. The zero-order valence-corrected chi connectivity index (χ0v) is 19.3. The summed E-state index contributed by atoms with van der Waals surface area (Å²) in [4.78, 5) is 22.0. The van der Waals surface area contributed by atoms with Gasteiger partial charge in [-0.15, -0.1) is 0 Å². The quantitative estimate of drug-likeness (QED) is 0.425. The fourth-order valence-corrected chi connectivity index (χ4v) is 4.75. The molecule has 1 saturated heterocycles. The molecular weight excluding hydrogens is 434 g/mol. The molecular formula is C26H26ClN5O. The highest BCUT2D eigenvalue weighted by Gasteiger charge is 2.29. The van der Waals surface area contributed by atoms with Crippen LogP contribution in [0, 0.1) is 5.92 Å². The van der Waals surface area contributed by atoms with Crippen LogP contribution in [0.4, 0.5) is 5.82 Å². The first-order valence-electron chi connectivity index (χ1n) is 11.2. The molecule has 3 heterocycles. The summed E-state index contributed by atoms with van der Waals surface area (Å²) in [5.41, 5.74) is 3.88. The highest BCUT2D eigenvalue weighted by atomic mass is 35.5. The Labute approximate surface area is 198 Å². The van der Waals surface area contributed by atoms with E-state index in [9.17, 15) is 4.79 Å². The lowest BCUT2D eigenvalue weighted by Gasteiger charge is -2.34. The summed E-state index contributed by atoms with van der Waals surface area (Å²) in [5, 5.41) is 5.41. The van der Waals surface area contributed by atoms with Crippen molar-refractivity contribution in [2.45, 2.75) is 19.4 Å². The van der Waals surface area contributed by atoms with Gasteiger partial charge in [-0.1, -0.05) is 54.1 Å². The number of halogens is 1. The van der Waals surface area contributed by atoms with E-state index >= 15 is 0 Å². The minimum absolute atomic E-state index is 0.0511. The molecule has 0 unspecified atom stereocenters. The maximum absolute atomic E-state index is 13.2. The van der Waals surface area contributed by atoms with E-state index in [1.54, 1.807) is 6.20 Å². The molecule has 1 fully saturated rings. The van der Waals surface area contributed by atoms with Crippen LogP contribution in [0.1, 0.15) is 18.4 Å². The molecule has 33 heavy (non-hydrogen) atoms. The monoisotopic (exact) mass is 459 g/mol. The van der Waals surface area contributed by atoms with Gasteiger partial charge in [-0.3, -0.25) is 4.79 Å². The first-order valence-corrected chi connectivity index (χ1v) is 11.6. The summed E-state index contributed by atoms with van der Waals surface area (Å²) in [7, 11) is 1.89. The van der Waals surface area contributed by atoms with Crippen LogP contribution in [0.5, 0.6) is 0 Å². The van der Waals surface area contributed by atoms with Crippen LogP contribution in [0.3, 0.4) is 0 Å². The zero-order valence-electron chi connectivity index (χ0n) is 18.6. The Bertz CT molecular complexity index is 1270. The van der Waals surface area contributed by atoms with Gasteiger partial charge in [-0.2, -0.15) is 5.10 Å². The minimum atomic E-state index is -0.0511. The van der Waals surface area contributed by atoms with Crippen molar-refractivity contribution in [1.82, 2.24) is 19.5 Å². The van der Waals surface area contributed by atoms with Gasteiger partial charge in [0.15, 0.2) is 5.82 Å². The van der Waals surface area contributed by atoms with Crippen molar-refractivity contribution in [3.63, 3.8) is 0 Å². The highest BCUT2D eigenvalue weighted by Crippen LogP contribution is 2.29. The van der Waals surface area contributed by atoms with Gasteiger partial charge in [0.25, 0.3) is 0 Å². The fourth-order valence-electron chi connectivity index (χ4n) is 4.56. The smallest absolute Gasteiger partial charge is 0.227 e. The Kier molecular flexibility index (Phi) is 6.01. The van der Waals surface area contributed by atoms with E-state index in [1.165, 1.54) is 0 Å². The average molecular weight is 460 g/mol. The summed E-state index contributed by atoms with van der Waals surface area (Å²) in [6.45, 7) is 2.15. The standard InChI is InChI=1S/C26H26ClN5O/c1-30(17-19-7-3-2-4-8-19)26(33)21-10-6-13-31(18-21)25-24-16-23(29-32(24)14-12-28-25)20-9-5-11-22(27)15-20/h2-5,7-9,11-12,14-16,21H,6,10,13,17-18H2,1H3/t21-/m0/s1. The van der Waals surface area contributed by atoms with Crippen LogP contribution in [0.25, 0.3) is 16.8 Å². The van der Waals surface area contributed by atoms with Gasteiger partial charge in [0, 0.05) is 49.7 Å². The molecule has 1 aliphatic heterocycles. The van der Waals surface area contributed by atoms with Crippen molar-refractivity contribution in [2.75, 3.05) is 25.0 Å². The molecule has 2 aromatic heterocycles. The van der Waals surface area contributed by atoms with Crippen LogP contribution in [0.2, 0.25) is 5.02 Å². The molecule has 0 N–H and O–H groups in total. The summed E-state index contributed by atoms with van der Waals surface area (Å²) >= 11 is 6.18. The average Bonchev–Trinajstić information content (AvgIpc) is 3.29. The lowest BCUT2D eigenvalue weighted by molar-refractivity contribution is -0.135. The van der Waals surface area contributed by atoms with Crippen molar-refractivity contribution in [2.24, 2.45) is 5.92 Å². The van der Waals surface area contributed by atoms with Crippen molar-refractivity contribution in [3.05, 3.63) is 83.6 Å². The molecule has 6 nitrogen and oxygen atoms in total. The Hall–Kier alpha value is -3.38. The topological polar surface area (TPSA) is 53.7 Å². The van der Waals surface area contributed by atoms with Crippen LogP contribution >= 0.6 is 11.6 Å². The number of nitrogens with zero attached hydrogens (tertiary/aromatic N) is 5. The highest BCUT2D eigenvalue weighted by molar-refractivity contribution is 6.30. The predicted octanol–water partition coefficient (Wildman–Crippen LogP) is 4.92. The number of hydrogen-bond acceptors (Lipinski definition) is 4. The summed E-state index contributed by atoms with van der Waals surface area (Å²) in [5.74, 6) is 0.995. The molecule has 0 bridgehead atoms. The van der Waals surface area contributed by atoms with Gasteiger partial charge in [0.1, 0.15) is 5.52 Å². The molecule has 168 valence electrons. The van der Waals surface area contributed by atoms with Gasteiger partial charge in [-0.05, 0) is 36.6 Å². The Morgan fingerprint density at radius 2 is 2.00 bits per heavy atom. The number of carbonyl (C=O) groups is 1. The summed E-state index contributed by atoms with van der Waals surface area (Å²) < 4.78 is 1.85. The number of carbonyl (C=O) groups excluding carboxylic acids is 1.